The highest BCUT2D eigenvalue weighted by Gasteiger charge is 2.27. The average molecular weight is 417 g/mol. The number of rotatable bonds is 3. The Balaban J connectivity index is 2.94. The minimum atomic E-state index is -0.439. The first-order chi connectivity index (χ1) is 10.2. The van der Waals surface area contributed by atoms with Crippen molar-refractivity contribution in [2.45, 2.75) is 26.8 Å². The standard InChI is InChI=1S/C16H17FINO3/c1-16(2,3)14(8-21)19-6-9(7-20)15(22)10-4-12(18)11(17)5-13(10)19/h4-7,14,21H,8H2,1-3H3/t14-/m1/s1. The molecule has 0 aliphatic heterocycles. The molecule has 118 valence electrons. The number of aliphatic hydroxyl groups is 1. The van der Waals surface area contributed by atoms with Crippen molar-refractivity contribution in [2.75, 3.05) is 6.61 Å². The van der Waals surface area contributed by atoms with Crippen molar-refractivity contribution in [1.82, 2.24) is 4.57 Å². The smallest absolute Gasteiger partial charge is 0.199 e. The fraction of sp³-hybridized carbons (Fsp3) is 0.375. The van der Waals surface area contributed by atoms with Gasteiger partial charge in [-0.2, -0.15) is 0 Å². The van der Waals surface area contributed by atoms with Crippen LogP contribution in [0.3, 0.4) is 0 Å². The van der Waals surface area contributed by atoms with Gasteiger partial charge in [0.15, 0.2) is 11.7 Å². The molecule has 0 saturated heterocycles. The van der Waals surface area contributed by atoms with E-state index in [1.165, 1.54) is 18.3 Å². The van der Waals surface area contributed by atoms with Crippen LogP contribution in [0.5, 0.6) is 0 Å². The molecule has 0 aliphatic rings. The Bertz CT molecular complexity index is 793. The Hall–Kier alpha value is -1.28. The molecule has 4 nitrogen and oxygen atoms in total. The van der Waals surface area contributed by atoms with Crippen molar-refractivity contribution in [3.05, 3.63) is 43.5 Å². The highest BCUT2D eigenvalue weighted by Crippen LogP contribution is 2.33. The van der Waals surface area contributed by atoms with Gasteiger partial charge in [-0.3, -0.25) is 9.59 Å². The summed E-state index contributed by atoms with van der Waals surface area (Å²) in [7, 11) is 0. The molecular weight excluding hydrogens is 400 g/mol. The fourth-order valence-electron chi connectivity index (χ4n) is 2.49. The number of carbonyl (C=O) groups is 1. The summed E-state index contributed by atoms with van der Waals surface area (Å²) in [5, 5.41) is 10.0. The number of aliphatic hydroxyl groups excluding tert-OH is 1. The molecule has 2 rings (SSSR count). The Kier molecular flexibility index (Phi) is 4.72. The molecule has 0 fully saturated rings. The third kappa shape index (κ3) is 2.94. The molecule has 22 heavy (non-hydrogen) atoms. The molecule has 6 heteroatoms. The van der Waals surface area contributed by atoms with Crippen LogP contribution < -0.4 is 5.43 Å². The summed E-state index contributed by atoms with van der Waals surface area (Å²) in [5.41, 5.74) is -0.388. The summed E-state index contributed by atoms with van der Waals surface area (Å²) in [6.07, 6.45) is 1.89. The van der Waals surface area contributed by atoms with Gasteiger partial charge >= 0.3 is 0 Å². The maximum atomic E-state index is 14.0. The SMILES string of the molecule is CC(C)(C)[C@@H](CO)n1cc(C=O)c(=O)c2cc(I)c(F)cc21. The van der Waals surface area contributed by atoms with Crippen LogP contribution >= 0.6 is 22.6 Å². The van der Waals surface area contributed by atoms with Crippen molar-refractivity contribution in [2.24, 2.45) is 5.41 Å². The highest BCUT2D eigenvalue weighted by atomic mass is 127. The summed E-state index contributed by atoms with van der Waals surface area (Å²) in [6, 6.07) is 2.32. The molecule has 0 spiro atoms. The largest absolute Gasteiger partial charge is 0.394 e. The van der Waals surface area contributed by atoms with E-state index in [1.807, 2.05) is 20.8 Å². The molecule has 1 N–H and O–H groups in total. The number of benzene rings is 1. The molecule has 1 aromatic heterocycles. The van der Waals surface area contributed by atoms with E-state index in [-0.39, 0.29) is 23.0 Å². The zero-order chi connectivity index (χ0) is 16.7. The van der Waals surface area contributed by atoms with Crippen molar-refractivity contribution in [3.63, 3.8) is 0 Å². The van der Waals surface area contributed by atoms with Gasteiger partial charge in [0, 0.05) is 15.2 Å². The molecule has 0 aliphatic carbocycles. The predicted octanol–water partition coefficient (Wildman–Crippen LogP) is 3.14. The molecular formula is C16H17FINO3. The number of carbonyl (C=O) groups excluding carboxylic acids is 1. The van der Waals surface area contributed by atoms with E-state index < -0.39 is 17.3 Å². The van der Waals surface area contributed by atoms with Gasteiger partial charge in [0.1, 0.15) is 5.82 Å². The summed E-state index contributed by atoms with van der Waals surface area (Å²) < 4.78 is 15.9. The van der Waals surface area contributed by atoms with Gasteiger partial charge in [0.2, 0.25) is 0 Å². The van der Waals surface area contributed by atoms with Crippen LogP contribution in [-0.2, 0) is 0 Å². The van der Waals surface area contributed by atoms with E-state index in [0.29, 0.717) is 15.4 Å². The topological polar surface area (TPSA) is 59.3 Å². The van der Waals surface area contributed by atoms with Crippen molar-refractivity contribution < 1.29 is 14.3 Å². The minimum absolute atomic E-state index is 0.00221. The Labute approximate surface area is 141 Å². The lowest BCUT2D eigenvalue weighted by molar-refractivity contribution is 0.111. The van der Waals surface area contributed by atoms with Gasteiger partial charge in [-0.1, -0.05) is 20.8 Å². The second-order valence-corrected chi connectivity index (χ2v) is 7.45. The number of hydrogen-bond acceptors (Lipinski definition) is 3. The first-order valence-corrected chi connectivity index (χ1v) is 7.88. The van der Waals surface area contributed by atoms with E-state index >= 15 is 0 Å². The third-order valence-corrected chi connectivity index (χ3v) is 4.56. The van der Waals surface area contributed by atoms with Crippen LogP contribution in [0.1, 0.15) is 37.2 Å². The second kappa shape index (κ2) is 6.08. The highest BCUT2D eigenvalue weighted by molar-refractivity contribution is 14.1. The monoisotopic (exact) mass is 417 g/mol. The van der Waals surface area contributed by atoms with Crippen molar-refractivity contribution in [1.29, 1.82) is 0 Å². The van der Waals surface area contributed by atoms with Crippen LogP contribution in [-0.4, -0.2) is 22.6 Å². The number of pyridine rings is 1. The second-order valence-electron chi connectivity index (χ2n) is 6.29. The molecule has 1 heterocycles. The van der Waals surface area contributed by atoms with Gasteiger partial charge in [0.25, 0.3) is 0 Å². The number of aromatic nitrogens is 1. The maximum Gasteiger partial charge on any atom is 0.199 e. The number of halogens is 2. The first kappa shape index (κ1) is 17.1. The Morgan fingerprint density at radius 1 is 1.41 bits per heavy atom. The van der Waals surface area contributed by atoms with Crippen molar-refractivity contribution in [3.8, 4) is 0 Å². The molecule has 0 amide bonds. The van der Waals surface area contributed by atoms with Crippen LogP contribution in [0.2, 0.25) is 0 Å². The van der Waals surface area contributed by atoms with Crippen molar-refractivity contribution >= 4 is 39.8 Å². The summed E-state index contributed by atoms with van der Waals surface area (Å²) in [4.78, 5) is 23.5. The number of fused-ring (bicyclic) bond motifs is 1. The fourth-order valence-corrected chi connectivity index (χ4v) is 2.95. The molecule has 0 radical (unpaired) electrons. The van der Waals surface area contributed by atoms with E-state index in [1.54, 1.807) is 27.2 Å². The van der Waals surface area contributed by atoms with E-state index in [9.17, 15) is 19.1 Å². The molecule has 0 saturated carbocycles. The average Bonchev–Trinajstić information content (AvgIpc) is 2.43. The van der Waals surface area contributed by atoms with E-state index in [2.05, 4.69) is 0 Å². The molecule has 1 aromatic carbocycles. The quantitative estimate of drug-likeness (QED) is 0.617. The van der Waals surface area contributed by atoms with Crippen LogP contribution in [0.15, 0.2) is 23.1 Å². The van der Waals surface area contributed by atoms with Gasteiger partial charge in [-0.15, -0.1) is 0 Å². The Morgan fingerprint density at radius 2 is 2.05 bits per heavy atom. The zero-order valence-corrected chi connectivity index (χ0v) is 14.7. The normalized spacial score (nSPS) is 13.4. The maximum absolute atomic E-state index is 14.0. The molecule has 2 aromatic rings. The summed E-state index contributed by atoms with van der Waals surface area (Å²) in [5.74, 6) is -0.439. The van der Waals surface area contributed by atoms with Gasteiger partial charge in [-0.25, -0.2) is 4.39 Å². The summed E-state index contributed by atoms with van der Waals surface area (Å²) >= 11 is 1.81. The predicted molar refractivity (Wildman–Crippen MR) is 91.8 cm³/mol. The summed E-state index contributed by atoms with van der Waals surface area (Å²) in [6.45, 7) is 5.61. The van der Waals surface area contributed by atoms with Crippen LogP contribution in [0.4, 0.5) is 4.39 Å². The van der Waals surface area contributed by atoms with Gasteiger partial charge in [0.05, 0.1) is 23.7 Å². The van der Waals surface area contributed by atoms with Gasteiger partial charge < -0.3 is 9.67 Å². The van der Waals surface area contributed by atoms with E-state index in [4.69, 9.17) is 0 Å². The van der Waals surface area contributed by atoms with Gasteiger partial charge in [-0.05, 0) is 40.1 Å². The number of nitrogens with zero attached hydrogens (tertiary/aromatic N) is 1. The number of aldehydes is 1. The lowest BCUT2D eigenvalue weighted by Crippen LogP contribution is -2.29. The third-order valence-electron chi connectivity index (χ3n) is 3.74. The molecule has 1 atom stereocenters. The first-order valence-electron chi connectivity index (χ1n) is 6.80. The number of hydrogen-bond donors (Lipinski definition) is 1. The minimum Gasteiger partial charge on any atom is -0.394 e. The van der Waals surface area contributed by atoms with Crippen LogP contribution in [0, 0.1) is 14.8 Å². The lowest BCUT2D eigenvalue weighted by Gasteiger charge is -2.32. The molecule has 0 unspecified atom stereocenters. The zero-order valence-electron chi connectivity index (χ0n) is 12.6. The van der Waals surface area contributed by atoms with E-state index in [0.717, 1.165) is 0 Å². The molecule has 0 bridgehead atoms. The Morgan fingerprint density at radius 3 is 2.55 bits per heavy atom. The lowest BCUT2D eigenvalue weighted by atomic mass is 9.86. The van der Waals surface area contributed by atoms with Crippen LogP contribution in [0.25, 0.3) is 10.9 Å².